The molecule has 1 amide bonds. The third-order valence-electron chi connectivity index (χ3n) is 4.98. The Balaban J connectivity index is 1.67. The highest BCUT2D eigenvalue weighted by molar-refractivity contribution is 7.98. The van der Waals surface area contributed by atoms with Crippen LogP contribution in [0.25, 0.3) is 0 Å². The number of carbonyl (C=O) groups is 2. The van der Waals surface area contributed by atoms with Crippen LogP contribution in [-0.4, -0.2) is 57.9 Å². The summed E-state index contributed by atoms with van der Waals surface area (Å²) in [6, 6.07) is 6.44. The Morgan fingerprint density at radius 2 is 1.90 bits per heavy atom. The molecule has 0 unspecified atom stereocenters. The number of nitrogens with zero attached hydrogens (tertiary/aromatic N) is 3. The summed E-state index contributed by atoms with van der Waals surface area (Å²) < 4.78 is 13.1. The van der Waals surface area contributed by atoms with Crippen LogP contribution in [0.5, 0.6) is 5.75 Å². The van der Waals surface area contributed by atoms with E-state index in [0.717, 1.165) is 31.6 Å². The molecule has 1 aliphatic heterocycles. The Morgan fingerprint density at radius 3 is 2.50 bits per heavy atom. The Kier molecular flexibility index (Phi) is 7.09. The minimum absolute atomic E-state index is 0.214. The summed E-state index contributed by atoms with van der Waals surface area (Å²) in [5.41, 5.74) is 0.770. The second kappa shape index (κ2) is 9.75. The van der Waals surface area contributed by atoms with Crippen LogP contribution in [-0.2, 0) is 11.2 Å². The Bertz CT molecular complexity index is 918. The number of aliphatic carboxylic acids is 1. The largest absolute Gasteiger partial charge is 0.503 e. The number of benzene rings is 1. The van der Waals surface area contributed by atoms with Crippen molar-refractivity contribution in [3.8, 4) is 5.75 Å². The van der Waals surface area contributed by atoms with Gasteiger partial charge >= 0.3 is 5.97 Å². The first-order valence-corrected chi connectivity index (χ1v) is 10.7. The van der Waals surface area contributed by atoms with Crippen LogP contribution in [0.3, 0.4) is 0 Å². The first-order valence-electron chi connectivity index (χ1n) is 9.51. The monoisotopic (exact) mass is 434 g/mol. The molecule has 1 aliphatic rings. The molecule has 0 spiro atoms. The van der Waals surface area contributed by atoms with Crippen molar-refractivity contribution in [1.82, 2.24) is 15.3 Å². The number of thioether (sulfide) groups is 1. The molecule has 0 atom stereocenters. The van der Waals surface area contributed by atoms with E-state index in [9.17, 15) is 19.1 Å². The minimum Gasteiger partial charge on any atom is -0.503 e. The lowest BCUT2D eigenvalue weighted by atomic mass is 9.93. The lowest BCUT2D eigenvalue weighted by molar-refractivity contribution is -0.135. The Hall–Kier alpha value is -2.88. The summed E-state index contributed by atoms with van der Waals surface area (Å²) in [5.74, 6) is -1.80. The maximum atomic E-state index is 13.1. The zero-order chi connectivity index (χ0) is 21.7. The maximum absolute atomic E-state index is 13.1. The van der Waals surface area contributed by atoms with Crippen LogP contribution in [0, 0.1) is 11.7 Å². The van der Waals surface area contributed by atoms with Gasteiger partial charge in [0, 0.05) is 25.2 Å². The number of piperidine rings is 1. The lowest BCUT2D eigenvalue weighted by Crippen LogP contribution is -2.34. The highest BCUT2D eigenvalue weighted by Crippen LogP contribution is 2.30. The number of carboxylic acid groups (broad SMARTS) is 1. The van der Waals surface area contributed by atoms with E-state index in [4.69, 9.17) is 5.11 Å². The second-order valence-corrected chi connectivity index (χ2v) is 7.83. The molecule has 0 aliphatic carbocycles. The molecule has 8 nitrogen and oxygen atoms in total. The molecule has 0 radical (unpaired) electrons. The molecule has 160 valence electrons. The highest BCUT2D eigenvalue weighted by Gasteiger charge is 2.24. The number of anilines is 1. The van der Waals surface area contributed by atoms with E-state index in [-0.39, 0.29) is 22.3 Å². The topological polar surface area (TPSA) is 116 Å². The van der Waals surface area contributed by atoms with Gasteiger partial charge in [-0.25, -0.2) is 14.4 Å². The number of carbonyl (C=O) groups excluding carboxylic acids is 1. The van der Waals surface area contributed by atoms with Crippen molar-refractivity contribution in [3.63, 3.8) is 0 Å². The smallest absolute Gasteiger partial charge is 0.322 e. The van der Waals surface area contributed by atoms with Crippen LogP contribution in [0.1, 0.15) is 29.2 Å². The third kappa shape index (κ3) is 5.38. The number of carboxylic acids is 1. The van der Waals surface area contributed by atoms with E-state index in [2.05, 4.69) is 20.2 Å². The van der Waals surface area contributed by atoms with Gasteiger partial charge in [-0.05, 0) is 49.3 Å². The predicted octanol–water partition coefficient (Wildman–Crippen LogP) is 2.32. The van der Waals surface area contributed by atoms with Gasteiger partial charge in [0.05, 0.1) is 0 Å². The molecule has 2 aromatic rings. The molecule has 0 bridgehead atoms. The number of aromatic hydroxyl groups is 1. The average molecular weight is 434 g/mol. The van der Waals surface area contributed by atoms with Gasteiger partial charge < -0.3 is 20.4 Å². The van der Waals surface area contributed by atoms with E-state index >= 15 is 0 Å². The quantitative estimate of drug-likeness (QED) is 0.449. The van der Waals surface area contributed by atoms with Gasteiger partial charge in [-0.3, -0.25) is 9.59 Å². The van der Waals surface area contributed by atoms with E-state index in [1.807, 2.05) is 0 Å². The number of rotatable bonds is 7. The van der Waals surface area contributed by atoms with Crippen molar-refractivity contribution in [2.45, 2.75) is 24.3 Å². The Labute approximate surface area is 177 Å². The van der Waals surface area contributed by atoms with Crippen LogP contribution in [0.4, 0.5) is 10.1 Å². The normalized spacial score (nSPS) is 14.5. The molecule has 0 saturated carbocycles. The highest BCUT2D eigenvalue weighted by atomic mass is 32.2. The summed E-state index contributed by atoms with van der Waals surface area (Å²) in [4.78, 5) is 33.7. The van der Waals surface area contributed by atoms with Gasteiger partial charge in [-0.15, -0.1) is 11.8 Å². The SMILES string of the molecule is CSc1nc(CC2CCN(c3ccc(F)cc3)CC2)nc(C(=O)NCC(=O)O)c1O. The maximum Gasteiger partial charge on any atom is 0.322 e. The number of halogens is 1. The van der Waals surface area contributed by atoms with Crippen molar-refractivity contribution < 1.29 is 24.2 Å². The lowest BCUT2D eigenvalue weighted by Gasteiger charge is -2.33. The molecular formula is C20H23FN4O4S. The molecule has 1 aromatic carbocycles. The third-order valence-corrected chi connectivity index (χ3v) is 5.66. The molecule has 1 aromatic heterocycles. The molecule has 3 rings (SSSR count). The van der Waals surface area contributed by atoms with Crippen molar-refractivity contribution in [2.75, 3.05) is 30.8 Å². The number of hydrogen-bond donors (Lipinski definition) is 3. The summed E-state index contributed by atoms with van der Waals surface area (Å²) in [5, 5.41) is 21.5. The molecule has 1 fully saturated rings. The van der Waals surface area contributed by atoms with Crippen LogP contribution >= 0.6 is 11.8 Å². The van der Waals surface area contributed by atoms with Crippen LogP contribution < -0.4 is 10.2 Å². The van der Waals surface area contributed by atoms with Crippen molar-refractivity contribution >= 4 is 29.3 Å². The van der Waals surface area contributed by atoms with Gasteiger partial charge in [-0.1, -0.05) is 0 Å². The second-order valence-electron chi connectivity index (χ2n) is 7.03. The van der Waals surface area contributed by atoms with E-state index in [1.54, 1.807) is 18.4 Å². The number of aromatic nitrogens is 2. The molecular weight excluding hydrogens is 411 g/mol. The summed E-state index contributed by atoms with van der Waals surface area (Å²) in [6.07, 6.45) is 4.05. The number of nitrogens with one attached hydrogen (secondary N) is 1. The molecule has 3 N–H and O–H groups in total. The average Bonchev–Trinajstić information content (AvgIpc) is 2.74. The van der Waals surface area contributed by atoms with Gasteiger partial charge in [-0.2, -0.15) is 0 Å². The standard InChI is InChI=1S/C20H23FN4O4S/c1-30-20-18(28)17(19(29)22-11-16(26)27)23-15(24-20)10-12-6-8-25(9-7-12)14-4-2-13(21)3-5-14/h2-5,12,28H,6-11H2,1H3,(H,22,29)(H,26,27). The Morgan fingerprint density at radius 1 is 1.23 bits per heavy atom. The van der Waals surface area contributed by atoms with Crippen molar-refractivity contribution in [2.24, 2.45) is 5.92 Å². The predicted molar refractivity (Wildman–Crippen MR) is 110 cm³/mol. The van der Waals surface area contributed by atoms with E-state index < -0.39 is 18.4 Å². The molecule has 2 heterocycles. The summed E-state index contributed by atoms with van der Waals surface area (Å²) in [7, 11) is 0. The first-order chi connectivity index (χ1) is 14.4. The van der Waals surface area contributed by atoms with Gasteiger partial charge in [0.2, 0.25) is 0 Å². The minimum atomic E-state index is -1.19. The fourth-order valence-corrected chi connectivity index (χ4v) is 3.90. The van der Waals surface area contributed by atoms with Gasteiger partial charge in [0.1, 0.15) is 23.2 Å². The van der Waals surface area contributed by atoms with Crippen molar-refractivity contribution in [3.05, 3.63) is 41.6 Å². The zero-order valence-corrected chi connectivity index (χ0v) is 17.3. The van der Waals surface area contributed by atoms with Gasteiger partial charge in [0.25, 0.3) is 5.91 Å². The number of amides is 1. The molecule has 30 heavy (non-hydrogen) atoms. The number of hydrogen-bond acceptors (Lipinski definition) is 7. The zero-order valence-electron chi connectivity index (χ0n) is 16.5. The van der Waals surface area contributed by atoms with E-state index in [0.29, 0.717) is 18.2 Å². The van der Waals surface area contributed by atoms with Crippen LogP contribution in [0.2, 0.25) is 0 Å². The fourth-order valence-electron chi connectivity index (χ4n) is 3.42. The molecule has 10 heteroatoms. The molecule has 1 saturated heterocycles. The summed E-state index contributed by atoms with van der Waals surface area (Å²) in [6.45, 7) is 1.07. The van der Waals surface area contributed by atoms with E-state index in [1.165, 1.54) is 23.9 Å². The van der Waals surface area contributed by atoms with Crippen LogP contribution in [0.15, 0.2) is 29.3 Å². The van der Waals surface area contributed by atoms with Crippen molar-refractivity contribution in [1.29, 1.82) is 0 Å². The first kappa shape index (κ1) is 21.8. The summed E-state index contributed by atoms with van der Waals surface area (Å²) >= 11 is 1.19. The van der Waals surface area contributed by atoms with Gasteiger partial charge in [0.15, 0.2) is 11.4 Å². The fraction of sp³-hybridized carbons (Fsp3) is 0.400.